The van der Waals surface area contributed by atoms with Gasteiger partial charge in [0.25, 0.3) is 5.91 Å². The number of benzene rings is 1. The molecular formula is C13H15ClN2O2. The van der Waals surface area contributed by atoms with Crippen molar-refractivity contribution in [3.8, 4) is 0 Å². The van der Waals surface area contributed by atoms with Gasteiger partial charge in [-0.2, -0.15) is 0 Å². The number of nitrogens with two attached hydrogens (primary N) is 1. The zero-order chi connectivity index (χ0) is 13.3. The summed E-state index contributed by atoms with van der Waals surface area (Å²) in [6.45, 7) is 2.84. The van der Waals surface area contributed by atoms with Gasteiger partial charge in [-0.25, -0.2) is 0 Å². The topological polar surface area (TPSA) is 63.4 Å². The molecule has 5 heteroatoms. The van der Waals surface area contributed by atoms with Crippen molar-refractivity contribution in [2.45, 2.75) is 6.92 Å². The molecule has 1 aromatic rings. The second kappa shape index (κ2) is 4.98. The first-order chi connectivity index (χ1) is 8.50. The Morgan fingerprint density at radius 2 is 2.00 bits per heavy atom. The fraction of sp³-hybridized carbons (Fsp3) is 0.385. The minimum Gasteiger partial charge on any atom is -0.369 e. The van der Waals surface area contributed by atoms with Crippen LogP contribution in [0.5, 0.6) is 0 Å². The number of primary amides is 1. The summed E-state index contributed by atoms with van der Waals surface area (Å²) in [7, 11) is 0. The molecule has 1 aromatic carbocycles. The highest BCUT2D eigenvalue weighted by molar-refractivity contribution is 6.33. The number of hydrogen-bond acceptors (Lipinski definition) is 2. The van der Waals surface area contributed by atoms with E-state index in [1.54, 1.807) is 29.2 Å². The first-order valence-corrected chi connectivity index (χ1v) is 6.21. The van der Waals surface area contributed by atoms with Gasteiger partial charge in [0.2, 0.25) is 5.91 Å². The molecule has 0 unspecified atom stereocenters. The molecule has 1 fully saturated rings. The Morgan fingerprint density at radius 3 is 2.56 bits per heavy atom. The van der Waals surface area contributed by atoms with Crippen molar-refractivity contribution in [2.24, 2.45) is 17.6 Å². The van der Waals surface area contributed by atoms with Gasteiger partial charge in [0, 0.05) is 13.1 Å². The Balaban J connectivity index is 2.17. The van der Waals surface area contributed by atoms with Crippen molar-refractivity contribution in [3.05, 3.63) is 34.9 Å². The highest BCUT2D eigenvalue weighted by atomic mass is 35.5. The molecule has 96 valence electrons. The first kappa shape index (κ1) is 12.9. The molecule has 18 heavy (non-hydrogen) atoms. The largest absolute Gasteiger partial charge is 0.369 e. The van der Waals surface area contributed by atoms with Gasteiger partial charge in [0.15, 0.2) is 0 Å². The SMILES string of the molecule is C[C@@H]1CN(C(=O)c2ccccc2Cl)C[C@H]1C(N)=O. The fourth-order valence-electron chi connectivity index (χ4n) is 2.31. The quantitative estimate of drug-likeness (QED) is 0.882. The molecule has 1 aliphatic heterocycles. The molecule has 0 spiro atoms. The van der Waals surface area contributed by atoms with Crippen LogP contribution < -0.4 is 5.73 Å². The van der Waals surface area contributed by atoms with E-state index in [-0.39, 0.29) is 23.7 Å². The first-order valence-electron chi connectivity index (χ1n) is 5.84. The second-order valence-corrected chi connectivity index (χ2v) is 5.08. The number of hydrogen-bond donors (Lipinski definition) is 1. The van der Waals surface area contributed by atoms with E-state index in [1.165, 1.54) is 0 Å². The van der Waals surface area contributed by atoms with Crippen LogP contribution in [0.1, 0.15) is 17.3 Å². The van der Waals surface area contributed by atoms with Crippen molar-refractivity contribution < 1.29 is 9.59 Å². The predicted octanol–water partition coefficient (Wildman–Crippen LogP) is 1.53. The molecule has 1 aliphatic rings. The third-order valence-corrected chi connectivity index (χ3v) is 3.70. The predicted molar refractivity (Wildman–Crippen MR) is 69.2 cm³/mol. The van der Waals surface area contributed by atoms with Crippen LogP contribution in [0.15, 0.2) is 24.3 Å². The van der Waals surface area contributed by atoms with Crippen LogP contribution in [0.25, 0.3) is 0 Å². The summed E-state index contributed by atoms with van der Waals surface area (Å²) >= 11 is 5.99. The van der Waals surface area contributed by atoms with E-state index in [0.29, 0.717) is 23.7 Å². The van der Waals surface area contributed by atoms with Gasteiger partial charge in [0.1, 0.15) is 0 Å². The zero-order valence-electron chi connectivity index (χ0n) is 10.1. The summed E-state index contributed by atoms with van der Waals surface area (Å²) < 4.78 is 0. The molecule has 0 bridgehead atoms. The summed E-state index contributed by atoms with van der Waals surface area (Å²) in [5.74, 6) is -0.668. The van der Waals surface area contributed by atoms with Gasteiger partial charge < -0.3 is 10.6 Å². The number of nitrogens with zero attached hydrogens (tertiary/aromatic N) is 1. The third-order valence-electron chi connectivity index (χ3n) is 3.37. The number of amides is 2. The number of halogens is 1. The van der Waals surface area contributed by atoms with Crippen molar-refractivity contribution in [1.29, 1.82) is 0 Å². The third kappa shape index (κ3) is 2.34. The minimum absolute atomic E-state index is 0.0916. The molecule has 0 saturated carbocycles. The number of likely N-dealkylation sites (tertiary alicyclic amines) is 1. The van der Waals surface area contributed by atoms with E-state index in [2.05, 4.69) is 0 Å². The van der Waals surface area contributed by atoms with E-state index < -0.39 is 0 Å². The molecule has 0 aromatic heterocycles. The molecule has 1 saturated heterocycles. The van der Waals surface area contributed by atoms with E-state index in [4.69, 9.17) is 17.3 Å². The smallest absolute Gasteiger partial charge is 0.255 e. The van der Waals surface area contributed by atoms with Crippen LogP contribution in [0.3, 0.4) is 0 Å². The zero-order valence-corrected chi connectivity index (χ0v) is 10.9. The van der Waals surface area contributed by atoms with Crippen LogP contribution in [-0.2, 0) is 4.79 Å². The van der Waals surface area contributed by atoms with Gasteiger partial charge in [-0.15, -0.1) is 0 Å². The minimum atomic E-state index is -0.350. The lowest BCUT2D eigenvalue weighted by Crippen LogP contribution is -2.32. The number of carbonyl (C=O) groups is 2. The Labute approximate surface area is 111 Å². The molecule has 4 nitrogen and oxygen atoms in total. The summed E-state index contributed by atoms with van der Waals surface area (Å²) in [5, 5.41) is 0.428. The van der Waals surface area contributed by atoms with Gasteiger partial charge in [-0.3, -0.25) is 9.59 Å². The van der Waals surface area contributed by atoms with Gasteiger partial charge >= 0.3 is 0 Å². The summed E-state index contributed by atoms with van der Waals surface area (Å²) in [5.41, 5.74) is 5.79. The fourth-order valence-corrected chi connectivity index (χ4v) is 2.52. The number of carbonyl (C=O) groups excluding carboxylic acids is 2. The standard InChI is InChI=1S/C13H15ClN2O2/c1-8-6-16(7-10(8)12(15)17)13(18)9-4-2-3-5-11(9)14/h2-5,8,10H,6-7H2,1H3,(H2,15,17)/t8-,10-/m1/s1. The molecule has 1 heterocycles. The molecule has 0 aliphatic carbocycles. The molecule has 0 radical (unpaired) electrons. The maximum absolute atomic E-state index is 12.3. The van der Waals surface area contributed by atoms with Gasteiger partial charge in [-0.05, 0) is 18.1 Å². The summed E-state index contributed by atoms with van der Waals surface area (Å²) in [4.78, 5) is 25.2. The van der Waals surface area contributed by atoms with Crippen molar-refractivity contribution in [3.63, 3.8) is 0 Å². The van der Waals surface area contributed by atoms with Crippen molar-refractivity contribution in [2.75, 3.05) is 13.1 Å². The van der Waals surface area contributed by atoms with Crippen LogP contribution in [0, 0.1) is 11.8 Å². The second-order valence-electron chi connectivity index (χ2n) is 4.68. The maximum atomic E-state index is 12.3. The molecule has 2 rings (SSSR count). The lowest BCUT2D eigenvalue weighted by atomic mass is 9.98. The molecular weight excluding hydrogens is 252 g/mol. The van der Waals surface area contributed by atoms with Crippen LogP contribution in [0.4, 0.5) is 0 Å². The summed E-state index contributed by atoms with van der Waals surface area (Å²) in [6.07, 6.45) is 0. The Morgan fingerprint density at radius 1 is 1.33 bits per heavy atom. The highest BCUT2D eigenvalue weighted by Crippen LogP contribution is 2.26. The Hall–Kier alpha value is -1.55. The van der Waals surface area contributed by atoms with E-state index in [1.807, 2.05) is 6.92 Å². The monoisotopic (exact) mass is 266 g/mol. The van der Waals surface area contributed by atoms with Gasteiger partial charge in [0.05, 0.1) is 16.5 Å². The average molecular weight is 267 g/mol. The molecule has 2 N–H and O–H groups in total. The Bertz CT molecular complexity index is 490. The molecule has 2 atom stereocenters. The van der Waals surface area contributed by atoms with Crippen molar-refractivity contribution in [1.82, 2.24) is 4.90 Å². The lowest BCUT2D eigenvalue weighted by molar-refractivity contribution is -0.122. The average Bonchev–Trinajstić information content (AvgIpc) is 2.71. The van der Waals surface area contributed by atoms with Crippen LogP contribution in [0.2, 0.25) is 5.02 Å². The van der Waals surface area contributed by atoms with E-state index >= 15 is 0 Å². The molecule has 2 amide bonds. The van der Waals surface area contributed by atoms with Crippen LogP contribution in [-0.4, -0.2) is 29.8 Å². The normalized spacial score (nSPS) is 23.1. The van der Waals surface area contributed by atoms with E-state index in [9.17, 15) is 9.59 Å². The van der Waals surface area contributed by atoms with Crippen molar-refractivity contribution >= 4 is 23.4 Å². The van der Waals surface area contributed by atoms with E-state index in [0.717, 1.165) is 0 Å². The maximum Gasteiger partial charge on any atom is 0.255 e. The van der Waals surface area contributed by atoms with Crippen LogP contribution >= 0.6 is 11.6 Å². The summed E-state index contributed by atoms with van der Waals surface area (Å²) in [6, 6.07) is 6.91. The lowest BCUT2D eigenvalue weighted by Gasteiger charge is -2.16. The van der Waals surface area contributed by atoms with Gasteiger partial charge in [-0.1, -0.05) is 30.7 Å². The number of rotatable bonds is 2. The Kier molecular flexibility index (Phi) is 3.57. The highest BCUT2D eigenvalue weighted by Gasteiger charge is 2.36.